The number of hydrogen-bond acceptors (Lipinski definition) is 7. The third kappa shape index (κ3) is 8.85. The van der Waals surface area contributed by atoms with Crippen LogP contribution in [0.3, 0.4) is 0 Å². The van der Waals surface area contributed by atoms with Gasteiger partial charge in [-0.1, -0.05) is 75.3 Å². The van der Waals surface area contributed by atoms with E-state index < -0.39 is 24.3 Å². The number of cyclic esters (lactones) is 1. The third-order valence-electron chi connectivity index (χ3n) is 7.77. The van der Waals surface area contributed by atoms with Gasteiger partial charge < -0.3 is 34.3 Å². The summed E-state index contributed by atoms with van der Waals surface area (Å²) < 4.78 is 22.4. The van der Waals surface area contributed by atoms with Gasteiger partial charge in [0.15, 0.2) is 6.29 Å². The molecule has 2 unspecified atom stereocenters. The average Bonchev–Trinajstić information content (AvgIpc) is 3.53. The van der Waals surface area contributed by atoms with Crippen LogP contribution in [0.2, 0.25) is 0 Å². The van der Waals surface area contributed by atoms with Crippen molar-refractivity contribution in [3.63, 3.8) is 0 Å². The predicted molar refractivity (Wildman–Crippen MR) is 142 cm³/mol. The van der Waals surface area contributed by atoms with Crippen LogP contribution in [-0.2, 0) is 25.4 Å². The Hall–Kier alpha value is -2.36. The van der Waals surface area contributed by atoms with Gasteiger partial charge in [-0.2, -0.15) is 0 Å². The minimum Gasteiger partial charge on any atom is -0.449 e. The second kappa shape index (κ2) is 15.3. The van der Waals surface area contributed by atoms with E-state index in [1.54, 1.807) is 4.90 Å². The summed E-state index contributed by atoms with van der Waals surface area (Å²) in [7, 11) is 0. The van der Waals surface area contributed by atoms with Gasteiger partial charge in [-0.15, -0.1) is 0 Å². The number of rotatable bonds is 7. The second-order valence-corrected chi connectivity index (χ2v) is 10.7. The molecule has 3 heterocycles. The van der Waals surface area contributed by atoms with E-state index in [0.717, 1.165) is 44.1 Å². The first-order valence-electron chi connectivity index (χ1n) is 14.4. The second-order valence-electron chi connectivity index (χ2n) is 10.7. The van der Waals surface area contributed by atoms with E-state index in [4.69, 9.17) is 18.9 Å². The topological polar surface area (TPSA) is 107 Å². The van der Waals surface area contributed by atoms with Gasteiger partial charge in [0.05, 0.1) is 44.4 Å². The molecule has 5 atom stereocenters. The van der Waals surface area contributed by atoms with Crippen LogP contribution in [0.5, 0.6) is 0 Å². The predicted octanol–water partition coefficient (Wildman–Crippen LogP) is 4.41. The zero-order valence-electron chi connectivity index (χ0n) is 22.4. The molecular weight excluding hydrogens is 488 g/mol. The molecule has 38 heavy (non-hydrogen) atoms. The summed E-state index contributed by atoms with van der Waals surface area (Å²) in [6, 6.07) is 9.02. The van der Waals surface area contributed by atoms with Crippen molar-refractivity contribution in [2.45, 2.75) is 95.2 Å². The number of carbonyl (C=O) groups excluding carboxylic acids is 2. The van der Waals surface area contributed by atoms with Crippen LogP contribution in [0, 0.1) is 5.92 Å². The fourth-order valence-electron chi connectivity index (χ4n) is 5.52. The van der Waals surface area contributed by atoms with E-state index in [9.17, 15) is 14.7 Å². The van der Waals surface area contributed by atoms with Crippen LogP contribution in [-0.4, -0.2) is 79.6 Å². The molecule has 1 aromatic rings. The van der Waals surface area contributed by atoms with E-state index in [0.29, 0.717) is 32.8 Å². The van der Waals surface area contributed by atoms with E-state index in [-0.39, 0.29) is 24.9 Å². The number of fused-ring (bicyclic) bond motifs is 1. The number of nitrogens with one attached hydrogen (secondary N) is 1. The van der Waals surface area contributed by atoms with Crippen LogP contribution in [0.25, 0.3) is 0 Å². The Morgan fingerprint density at radius 1 is 1.00 bits per heavy atom. The average molecular weight is 533 g/mol. The number of benzene rings is 1. The molecule has 0 aromatic heterocycles. The Morgan fingerprint density at radius 3 is 2.47 bits per heavy atom. The van der Waals surface area contributed by atoms with Crippen molar-refractivity contribution < 1.29 is 33.6 Å². The molecule has 3 fully saturated rings. The molecule has 212 valence electrons. The van der Waals surface area contributed by atoms with Crippen LogP contribution in [0.15, 0.2) is 30.3 Å². The lowest BCUT2D eigenvalue weighted by Gasteiger charge is -2.30. The van der Waals surface area contributed by atoms with E-state index in [1.165, 1.54) is 25.7 Å². The largest absolute Gasteiger partial charge is 0.449 e. The van der Waals surface area contributed by atoms with Crippen molar-refractivity contribution in [3.8, 4) is 0 Å². The van der Waals surface area contributed by atoms with Crippen molar-refractivity contribution in [2.24, 2.45) is 5.92 Å². The number of aliphatic hydroxyl groups is 1. The summed E-state index contributed by atoms with van der Waals surface area (Å²) in [4.78, 5) is 27.4. The van der Waals surface area contributed by atoms with Gasteiger partial charge in [0.25, 0.3) is 0 Å². The van der Waals surface area contributed by atoms with Crippen molar-refractivity contribution in [3.05, 3.63) is 35.9 Å². The lowest BCUT2D eigenvalue weighted by atomic mass is 10.0. The summed E-state index contributed by atoms with van der Waals surface area (Å²) in [6.07, 6.45) is 8.32. The third-order valence-corrected chi connectivity index (χ3v) is 7.77. The van der Waals surface area contributed by atoms with Crippen molar-refractivity contribution in [1.29, 1.82) is 0 Å². The number of amides is 2. The fraction of sp³-hybridized carbons (Fsp3) is 0.724. The molecule has 3 aliphatic heterocycles. The first kappa shape index (κ1) is 28.6. The number of aliphatic hydroxyl groups excluding tert-OH is 1. The number of β-amino-alcohol motifs (C(OH)–C–C–N with tert-alkyl or cyclic N) is 1. The molecule has 0 saturated carbocycles. The smallest absolute Gasteiger partial charge is 0.409 e. The normalized spacial score (nSPS) is 27.0. The molecule has 3 aliphatic rings. The molecule has 9 nitrogen and oxygen atoms in total. The zero-order chi connectivity index (χ0) is 26.6. The Kier molecular flexibility index (Phi) is 11.5. The van der Waals surface area contributed by atoms with E-state index >= 15 is 0 Å². The highest BCUT2D eigenvalue weighted by Gasteiger charge is 2.44. The van der Waals surface area contributed by atoms with Gasteiger partial charge in [-0.25, -0.2) is 9.59 Å². The summed E-state index contributed by atoms with van der Waals surface area (Å²) in [5, 5.41) is 14.2. The number of nitrogens with zero attached hydrogens (tertiary/aromatic N) is 1. The van der Waals surface area contributed by atoms with Gasteiger partial charge in [-0.05, 0) is 31.2 Å². The van der Waals surface area contributed by atoms with Crippen LogP contribution < -0.4 is 5.32 Å². The lowest BCUT2D eigenvalue weighted by molar-refractivity contribution is -0.0907. The maximum Gasteiger partial charge on any atom is 0.409 e. The van der Waals surface area contributed by atoms with Gasteiger partial charge in [-0.3, -0.25) is 0 Å². The first-order valence-corrected chi connectivity index (χ1v) is 14.4. The van der Waals surface area contributed by atoms with Crippen molar-refractivity contribution >= 4 is 12.2 Å². The molecule has 0 spiro atoms. The molecule has 9 heteroatoms. The van der Waals surface area contributed by atoms with Gasteiger partial charge in [0.1, 0.15) is 6.10 Å². The molecule has 0 bridgehead atoms. The fourth-order valence-corrected chi connectivity index (χ4v) is 5.52. The molecular formula is C29H44N2O7. The SMILES string of the molecule is O=C(NC(Cc1ccccc1)C(O)CN1CCCCCCCCCCCOC1=O)O[C@H]1CO[C@H]2OCC[C@H]21. The van der Waals surface area contributed by atoms with Gasteiger partial charge >= 0.3 is 12.2 Å². The molecule has 4 rings (SSSR count). The summed E-state index contributed by atoms with van der Waals surface area (Å²) in [6.45, 7) is 1.87. The Balaban J connectivity index is 1.38. The highest BCUT2D eigenvalue weighted by molar-refractivity contribution is 5.68. The zero-order valence-corrected chi connectivity index (χ0v) is 22.4. The standard InChI is InChI=1S/C29H44N2O7/c32-25(20-31-16-11-6-4-2-1-3-5-7-12-17-36-29(31)34)24(19-22-13-9-8-10-14-22)30-28(33)38-26-21-37-27-23(26)15-18-35-27/h8-10,13-14,23-27,32H,1-7,11-12,15-21H2,(H,30,33)/t23-,24?,25?,26-,27+/m0/s1. The number of carbonyl (C=O) groups is 2. The molecule has 3 saturated heterocycles. The van der Waals surface area contributed by atoms with Crippen LogP contribution in [0.1, 0.15) is 69.8 Å². The number of hydrogen-bond donors (Lipinski definition) is 2. The molecule has 0 radical (unpaired) electrons. The highest BCUT2D eigenvalue weighted by atomic mass is 16.7. The first-order chi connectivity index (χ1) is 18.6. The summed E-state index contributed by atoms with van der Waals surface area (Å²) in [5.74, 6) is 0.0313. The van der Waals surface area contributed by atoms with E-state index in [2.05, 4.69) is 5.32 Å². The maximum atomic E-state index is 12.9. The minimum absolute atomic E-state index is 0.0313. The number of ether oxygens (including phenoxy) is 4. The van der Waals surface area contributed by atoms with Crippen LogP contribution in [0.4, 0.5) is 9.59 Å². The molecule has 1 aromatic carbocycles. The van der Waals surface area contributed by atoms with Crippen molar-refractivity contribution in [1.82, 2.24) is 10.2 Å². The Morgan fingerprint density at radius 2 is 1.71 bits per heavy atom. The van der Waals surface area contributed by atoms with Crippen LogP contribution >= 0.6 is 0 Å². The molecule has 2 N–H and O–H groups in total. The summed E-state index contributed by atoms with van der Waals surface area (Å²) in [5.41, 5.74) is 0.967. The van der Waals surface area contributed by atoms with Gasteiger partial charge in [0.2, 0.25) is 0 Å². The minimum atomic E-state index is -1.00. The summed E-state index contributed by atoms with van der Waals surface area (Å²) >= 11 is 0. The number of alkyl carbamates (subject to hydrolysis) is 1. The maximum absolute atomic E-state index is 12.9. The monoisotopic (exact) mass is 532 g/mol. The molecule has 2 amide bonds. The van der Waals surface area contributed by atoms with Gasteiger partial charge in [0, 0.05) is 6.54 Å². The Bertz CT molecular complexity index is 855. The lowest BCUT2D eigenvalue weighted by Crippen LogP contribution is -2.51. The van der Waals surface area contributed by atoms with E-state index in [1.807, 2.05) is 30.3 Å². The quantitative estimate of drug-likeness (QED) is 0.536. The van der Waals surface area contributed by atoms with Crippen molar-refractivity contribution in [2.75, 3.05) is 32.9 Å². The molecule has 0 aliphatic carbocycles. The Labute approximate surface area is 226 Å². The highest BCUT2D eigenvalue weighted by Crippen LogP contribution is 2.33.